The largest absolute Gasteiger partial charge is 0.384 e. The maximum atomic E-state index is 12.3. The molecule has 0 aliphatic rings. The zero-order valence-corrected chi connectivity index (χ0v) is 12.5. The summed E-state index contributed by atoms with van der Waals surface area (Å²) in [6.45, 7) is 4.28. The fourth-order valence-corrected chi connectivity index (χ4v) is 3.21. The van der Waals surface area contributed by atoms with E-state index in [0.29, 0.717) is 12.2 Å². The molecule has 1 aromatic carbocycles. The van der Waals surface area contributed by atoms with Gasteiger partial charge in [-0.25, -0.2) is 13.1 Å². The number of carbonyl (C=O) groups excluding carboxylic acids is 1. The molecule has 0 saturated heterocycles. The average molecular weight is 299 g/mol. The normalized spacial score (nSPS) is 12.9. The van der Waals surface area contributed by atoms with Crippen LogP contribution in [0.2, 0.25) is 0 Å². The highest BCUT2D eigenvalue weighted by molar-refractivity contribution is 7.89. The second-order valence-electron chi connectivity index (χ2n) is 4.62. The predicted octanol–water partition coefficient (Wildman–Crippen LogP) is 1.05. The van der Waals surface area contributed by atoms with E-state index in [4.69, 9.17) is 5.73 Å². The zero-order valence-electron chi connectivity index (χ0n) is 11.7. The molecule has 20 heavy (non-hydrogen) atoms. The molecule has 112 valence electrons. The summed E-state index contributed by atoms with van der Waals surface area (Å²) in [5.74, 6) is -0.544. The molecule has 0 aliphatic carbocycles. The first-order valence-electron chi connectivity index (χ1n) is 6.50. The van der Waals surface area contributed by atoms with Crippen LogP contribution < -0.4 is 15.8 Å². The molecule has 6 nitrogen and oxygen atoms in total. The third kappa shape index (κ3) is 4.82. The van der Waals surface area contributed by atoms with Gasteiger partial charge in [0.15, 0.2) is 0 Å². The lowest BCUT2D eigenvalue weighted by Gasteiger charge is -2.16. The van der Waals surface area contributed by atoms with E-state index >= 15 is 0 Å². The number of hydrogen-bond donors (Lipinski definition) is 3. The molecule has 1 unspecified atom stereocenters. The second kappa shape index (κ2) is 7.25. The van der Waals surface area contributed by atoms with Crippen molar-refractivity contribution in [2.24, 2.45) is 5.73 Å². The summed E-state index contributed by atoms with van der Waals surface area (Å²) in [5.41, 5.74) is 5.61. The highest BCUT2D eigenvalue weighted by Crippen LogP contribution is 2.21. The summed E-state index contributed by atoms with van der Waals surface area (Å²) in [6, 6.07) is 6.12. The Labute approximate surface area is 119 Å². The molecular formula is C13H21N3O3S. The Balaban J connectivity index is 2.94. The molecule has 0 fully saturated rings. The number of para-hydroxylation sites is 1. The van der Waals surface area contributed by atoms with E-state index in [1.165, 1.54) is 6.07 Å². The molecule has 0 radical (unpaired) electrons. The van der Waals surface area contributed by atoms with E-state index in [1.54, 1.807) is 25.1 Å². The molecule has 4 N–H and O–H groups in total. The second-order valence-corrected chi connectivity index (χ2v) is 6.30. The van der Waals surface area contributed by atoms with Crippen molar-refractivity contribution in [3.63, 3.8) is 0 Å². The molecule has 7 heteroatoms. The molecule has 1 rings (SSSR count). The minimum absolute atomic E-state index is 0.0379. The highest BCUT2D eigenvalue weighted by Gasteiger charge is 2.21. The monoisotopic (exact) mass is 299 g/mol. The summed E-state index contributed by atoms with van der Waals surface area (Å²) in [7, 11) is -3.69. The van der Waals surface area contributed by atoms with Crippen molar-refractivity contribution in [2.75, 3.05) is 11.9 Å². The molecule has 1 atom stereocenters. The van der Waals surface area contributed by atoms with Gasteiger partial charge in [0.05, 0.1) is 5.69 Å². The molecule has 0 bridgehead atoms. The van der Waals surface area contributed by atoms with Crippen molar-refractivity contribution in [2.45, 2.75) is 37.6 Å². The van der Waals surface area contributed by atoms with Crippen LogP contribution in [0.3, 0.4) is 0 Å². The van der Waals surface area contributed by atoms with Crippen LogP contribution in [0.15, 0.2) is 29.2 Å². The molecule has 0 saturated carbocycles. The molecule has 0 spiro atoms. The molecule has 0 aromatic heterocycles. The Morgan fingerprint density at radius 2 is 2.00 bits per heavy atom. The van der Waals surface area contributed by atoms with Gasteiger partial charge in [0, 0.05) is 19.0 Å². The number of sulfonamides is 1. The van der Waals surface area contributed by atoms with E-state index in [2.05, 4.69) is 10.0 Å². The summed E-state index contributed by atoms with van der Waals surface area (Å²) in [4.78, 5) is 11.0. The number of nitrogens with two attached hydrogens (primary N) is 1. The van der Waals surface area contributed by atoms with Crippen LogP contribution >= 0.6 is 0 Å². The third-order valence-corrected chi connectivity index (χ3v) is 4.25. The van der Waals surface area contributed by atoms with Gasteiger partial charge in [-0.05, 0) is 25.5 Å². The van der Waals surface area contributed by atoms with Crippen LogP contribution in [0.4, 0.5) is 5.69 Å². The van der Waals surface area contributed by atoms with Crippen LogP contribution in [0.25, 0.3) is 0 Å². The lowest BCUT2D eigenvalue weighted by Crippen LogP contribution is -2.36. The minimum Gasteiger partial charge on any atom is -0.384 e. The number of benzene rings is 1. The maximum absolute atomic E-state index is 12.3. The zero-order chi connectivity index (χ0) is 15.2. The van der Waals surface area contributed by atoms with E-state index in [9.17, 15) is 13.2 Å². The lowest BCUT2D eigenvalue weighted by atomic mass is 10.2. The summed E-state index contributed by atoms with van der Waals surface area (Å²) >= 11 is 0. The van der Waals surface area contributed by atoms with Crippen molar-refractivity contribution in [3.05, 3.63) is 24.3 Å². The van der Waals surface area contributed by atoms with Crippen molar-refractivity contribution in [1.82, 2.24) is 4.72 Å². The summed E-state index contributed by atoms with van der Waals surface area (Å²) in [5, 5.41) is 3.07. The number of rotatable bonds is 8. The lowest BCUT2D eigenvalue weighted by molar-refractivity contribution is -0.118. The van der Waals surface area contributed by atoms with Crippen molar-refractivity contribution >= 4 is 21.6 Å². The first-order valence-corrected chi connectivity index (χ1v) is 7.98. The Morgan fingerprint density at radius 3 is 2.60 bits per heavy atom. The highest BCUT2D eigenvalue weighted by atomic mass is 32.2. The first-order chi connectivity index (χ1) is 9.36. The number of primary amides is 1. The van der Waals surface area contributed by atoms with Gasteiger partial charge in [-0.3, -0.25) is 4.79 Å². The van der Waals surface area contributed by atoms with Gasteiger partial charge in [-0.1, -0.05) is 19.1 Å². The minimum atomic E-state index is -3.69. The number of carbonyl (C=O) groups is 1. The van der Waals surface area contributed by atoms with E-state index in [1.807, 2.05) is 6.92 Å². The van der Waals surface area contributed by atoms with Gasteiger partial charge in [0.1, 0.15) is 4.90 Å². The smallest absolute Gasteiger partial charge is 0.242 e. The molecular weight excluding hydrogens is 278 g/mol. The fraction of sp³-hybridized carbons (Fsp3) is 0.462. The van der Waals surface area contributed by atoms with E-state index in [0.717, 1.165) is 6.42 Å². The average Bonchev–Trinajstić information content (AvgIpc) is 2.34. The molecule has 0 aliphatic heterocycles. The van der Waals surface area contributed by atoms with Gasteiger partial charge in [-0.2, -0.15) is 0 Å². The standard InChI is InChI=1S/C13H21N3O3S/c1-3-8-15-11-6-4-5-7-12(11)20(18,19)16-10(2)9-13(14)17/h4-7,10,15-16H,3,8-9H2,1-2H3,(H2,14,17). The van der Waals surface area contributed by atoms with Gasteiger partial charge in [0.2, 0.25) is 15.9 Å². The van der Waals surface area contributed by atoms with Gasteiger partial charge in [0.25, 0.3) is 0 Å². The Hall–Kier alpha value is -1.60. The van der Waals surface area contributed by atoms with Gasteiger partial charge >= 0.3 is 0 Å². The van der Waals surface area contributed by atoms with Crippen LogP contribution in [-0.2, 0) is 14.8 Å². The molecule has 1 amide bonds. The van der Waals surface area contributed by atoms with E-state index < -0.39 is 22.0 Å². The van der Waals surface area contributed by atoms with E-state index in [-0.39, 0.29) is 11.3 Å². The SMILES string of the molecule is CCCNc1ccccc1S(=O)(=O)NC(C)CC(N)=O. The Morgan fingerprint density at radius 1 is 1.35 bits per heavy atom. The summed E-state index contributed by atoms with van der Waals surface area (Å²) < 4.78 is 27.1. The van der Waals surface area contributed by atoms with Crippen molar-refractivity contribution in [3.8, 4) is 0 Å². The van der Waals surface area contributed by atoms with Crippen molar-refractivity contribution < 1.29 is 13.2 Å². The van der Waals surface area contributed by atoms with Gasteiger partial charge < -0.3 is 11.1 Å². The van der Waals surface area contributed by atoms with Crippen LogP contribution in [0, 0.1) is 0 Å². The molecule has 1 aromatic rings. The predicted molar refractivity (Wildman–Crippen MR) is 78.8 cm³/mol. The molecule has 0 heterocycles. The quantitative estimate of drug-likeness (QED) is 0.668. The third-order valence-electron chi connectivity index (χ3n) is 2.61. The first kappa shape index (κ1) is 16.5. The summed E-state index contributed by atoms with van der Waals surface area (Å²) in [6.07, 6.45) is 0.851. The van der Waals surface area contributed by atoms with Crippen LogP contribution in [-0.4, -0.2) is 26.9 Å². The fourth-order valence-electron chi connectivity index (χ4n) is 1.78. The number of anilines is 1. The van der Waals surface area contributed by atoms with Gasteiger partial charge in [-0.15, -0.1) is 0 Å². The number of hydrogen-bond acceptors (Lipinski definition) is 4. The number of nitrogens with one attached hydrogen (secondary N) is 2. The topological polar surface area (TPSA) is 101 Å². The Bertz CT molecular complexity index is 558. The number of amides is 1. The van der Waals surface area contributed by atoms with Crippen LogP contribution in [0.1, 0.15) is 26.7 Å². The Kier molecular flexibility index (Phi) is 5.97. The van der Waals surface area contributed by atoms with Crippen molar-refractivity contribution in [1.29, 1.82) is 0 Å². The van der Waals surface area contributed by atoms with Crippen LogP contribution in [0.5, 0.6) is 0 Å². The maximum Gasteiger partial charge on any atom is 0.242 e.